The van der Waals surface area contributed by atoms with Crippen molar-refractivity contribution in [1.82, 2.24) is 19.5 Å². The Hall–Kier alpha value is -4.19. The van der Waals surface area contributed by atoms with Crippen LogP contribution in [0.25, 0.3) is 22.2 Å². The van der Waals surface area contributed by atoms with Gasteiger partial charge in [-0.25, -0.2) is 4.98 Å². The number of pyridine rings is 2. The Morgan fingerprint density at radius 2 is 1.84 bits per heavy atom. The third-order valence-electron chi connectivity index (χ3n) is 7.09. The summed E-state index contributed by atoms with van der Waals surface area (Å²) >= 11 is 13.4. The maximum atomic E-state index is 14.2. The number of aromatic nitrogens is 4. The Bertz CT molecular complexity index is 1690. The molecule has 0 aliphatic carbocycles. The van der Waals surface area contributed by atoms with E-state index in [2.05, 4.69) is 27.2 Å². The van der Waals surface area contributed by atoms with E-state index >= 15 is 0 Å². The number of amides is 1. The molecule has 0 unspecified atom stereocenters. The minimum Gasteiger partial charge on any atom is -0.495 e. The third kappa shape index (κ3) is 6.58. The number of halogens is 2. The summed E-state index contributed by atoms with van der Waals surface area (Å²) in [6.45, 7) is 5.01. The minimum absolute atomic E-state index is 0.164. The normalized spacial score (nSPS) is 13.5. The van der Waals surface area contributed by atoms with Gasteiger partial charge in [-0.2, -0.15) is 4.98 Å². The van der Waals surface area contributed by atoms with Crippen molar-refractivity contribution in [3.63, 3.8) is 0 Å². The van der Waals surface area contributed by atoms with Crippen LogP contribution in [0.3, 0.4) is 0 Å². The highest BCUT2D eigenvalue weighted by Gasteiger charge is 2.24. The molecule has 224 valence electrons. The smallest absolute Gasteiger partial charge is 0.260 e. The van der Waals surface area contributed by atoms with Crippen LogP contribution >= 0.6 is 23.2 Å². The van der Waals surface area contributed by atoms with Crippen molar-refractivity contribution in [1.29, 1.82) is 0 Å². The number of anilines is 2. The van der Waals surface area contributed by atoms with Crippen LogP contribution in [0.2, 0.25) is 10.0 Å². The molecule has 1 fully saturated rings. The second kappa shape index (κ2) is 13.4. The van der Waals surface area contributed by atoms with Gasteiger partial charge in [0.15, 0.2) is 0 Å². The summed E-state index contributed by atoms with van der Waals surface area (Å²) in [6, 6.07) is 6.92. The van der Waals surface area contributed by atoms with Crippen LogP contribution in [0.15, 0.2) is 54.1 Å². The van der Waals surface area contributed by atoms with Gasteiger partial charge in [-0.05, 0) is 37.1 Å². The number of fused-ring (bicyclic) bond motifs is 1. The van der Waals surface area contributed by atoms with E-state index in [1.807, 2.05) is 0 Å². The summed E-state index contributed by atoms with van der Waals surface area (Å²) < 4.78 is 17.9. The number of rotatable bonds is 10. The number of nitrogens with one attached hydrogen (secondary N) is 2. The van der Waals surface area contributed by atoms with Gasteiger partial charge in [0.1, 0.15) is 17.1 Å². The first-order chi connectivity index (χ1) is 20.8. The maximum Gasteiger partial charge on any atom is 0.260 e. The number of carbonyl (C=O) groups is 1. The third-order valence-corrected chi connectivity index (χ3v) is 7.84. The highest BCUT2D eigenvalue weighted by atomic mass is 35.5. The Labute approximate surface area is 257 Å². The first kappa shape index (κ1) is 30.3. The second-order valence-electron chi connectivity index (χ2n) is 9.78. The molecule has 13 heteroatoms. The predicted molar refractivity (Wildman–Crippen MR) is 167 cm³/mol. The molecule has 3 aromatic heterocycles. The van der Waals surface area contributed by atoms with Gasteiger partial charge >= 0.3 is 0 Å². The molecule has 0 bridgehead atoms. The fraction of sp³-hybridized carbons (Fsp3) is 0.300. The van der Waals surface area contributed by atoms with Crippen LogP contribution in [0, 0.1) is 0 Å². The SMILES string of the molecule is C=CC(=O)Nc1ccc(CCn2c(=O)c(-c3c(Cl)c(OC)cc(OC)c3Cl)cc3cnc(NC4CCOCC4)nc32)nc1. The van der Waals surface area contributed by atoms with Gasteiger partial charge < -0.3 is 24.8 Å². The van der Waals surface area contributed by atoms with Crippen molar-refractivity contribution in [3.8, 4) is 22.6 Å². The maximum absolute atomic E-state index is 14.2. The molecule has 1 aliphatic heterocycles. The molecule has 1 saturated heterocycles. The largest absolute Gasteiger partial charge is 0.495 e. The quantitative estimate of drug-likeness (QED) is 0.230. The molecule has 4 heterocycles. The number of hydrogen-bond acceptors (Lipinski definition) is 9. The summed E-state index contributed by atoms with van der Waals surface area (Å²) in [6.07, 6.45) is 6.45. The van der Waals surface area contributed by atoms with Crippen LogP contribution in [0.5, 0.6) is 11.5 Å². The average molecular weight is 626 g/mol. The minimum atomic E-state index is -0.364. The summed E-state index contributed by atoms with van der Waals surface area (Å²) in [7, 11) is 2.94. The molecule has 0 radical (unpaired) electrons. The lowest BCUT2D eigenvalue weighted by Gasteiger charge is -2.23. The van der Waals surface area contributed by atoms with Crippen LogP contribution in [0.1, 0.15) is 18.5 Å². The topological polar surface area (TPSA) is 129 Å². The number of carbonyl (C=O) groups excluding carboxylic acids is 1. The average Bonchev–Trinajstić information content (AvgIpc) is 3.02. The Morgan fingerprint density at radius 3 is 2.47 bits per heavy atom. The fourth-order valence-corrected chi connectivity index (χ4v) is 5.53. The first-order valence-corrected chi connectivity index (χ1v) is 14.3. The number of methoxy groups -OCH3 is 2. The zero-order valence-corrected chi connectivity index (χ0v) is 25.2. The lowest BCUT2D eigenvalue weighted by Crippen LogP contribution is -2.29. The van der Waals surface area contributed by atoms with E-state index in [1.165, 1.54) is 20.3 Å². The van der Waals surface area contributed by atoms with Crippen molar-refractivity contribution in [2.75, 3.05) is 38.1 Å². The van der Waals surface area contributed by atoms with E-state index in [9.17, 15) is 9.59 Å². The zero-order chi connectivity index (χ0) is 30.5. The lowest BCUT2D eigenvalue weighted by molar-refractivity contribution is -0.111. The van der Waals surface area contributed by atoms with Crippen molar-refractivity contribution in [2.45, 2.75) is 31.8 Å². The predicted octanol–water partition coefficient (Wildman–Crippen LogP) is 5.14. The van der Waals surface area contributed by atoms with Crippen LogP contribution in [-0.2, 0) is 22.5 Å². The monoisotopic (exact) mass is 624 g/mol. The Kier molecular flexibility index (Phi) is 9.44. The van der Waals surface area contributed by atoms with E-state index in [4.69, 9.17) is 42.4 Å². The summed E-state index contributed by atoms with van der Waals surface area (Å²) in [5.41, 5.74) is 1.84. The van der Waals surface area contributed by atoms with Crippen molar-refractivity contribution in [3.05, 3.63) is 75.4 Å². The van der Waals surface area contributed by atoms with Gasteiger partial charge in [-0.1, -0.05) is 29.8 Å². The Morgan fingerprint density at radius 1 is 1.12 bits per heavy atom. The molecule has 1 aromatic carbocycles. The molecule has 2 N–H and O–H groups in total. The lowest BCUT2D eigenvalue weighted by atomic mass is 10.0. The van der Waals surface area contributed by atoms with Crippen LogP contribution in [0.4, 0.5) is 11.6 Å². The van der Waals surface area contributed by atoms with Crippen molar-refractivity contribution < 1.29 is 19.0 Å². The molecule has 11 nitrogen and oxygen atoms in total. The van der Waals surface area contributed by atoms with Crippen LogP contribution < -0.4 is 25.7 Å². The highest BCUT2D eigenvalue weighted by molar-refractivity contribution is 6.41. The molecule has 0 spiro atoms. The molecule has 1 amide bonds. The standard InChI is InChI=1S/C30H30Cl2N6O5/c1-4-24(39)35-20-6-5-18(33-16-20)7-10-38-28-17(15-34-30(37-28)36-19-8-11-43-12-9-19)13-21(29(38)40)25-26(31)22(41-2)14-23(42-3)27(25)32/h4-6,13-16,19H,1,7-12H2,2-3H3,(H,35,39)(H,34,36,37). The van der Waals surface area contributed by atoms with E-state index in [-0.39, 0.29) is 45.2 Å². The van der Waals surface area contributed by atoms with Gasteiger partial charge in [-0.3, -0.25) is 19.1 Å². The number of hydrogen-bond donors (Lipinski definition) is 2. The number of benzene rings is 1. The van der Waals surface area contributed by atoms with Gasteiger partial charge in [0.25, 0.3) is 5.56 Å². The highest BCUT2D eigenvalue weighted by Crippen LogP contribution is 2.45. The molecular formula is C30H30Cl2N6O5. The van der Waals surface area contributed by atoms with Crippen LogP contribution in [-0.4, -0.2) is 58.9 Å². The second-order valence-corrected chi connectivity index (χ2v) is 10.5. The van der Waals surface area contributed by atoms with Gasteiger partial charge in [0.2, 0.25) is 11.9 Å². The summed E-state index contributed by atoms with van der Waals surface area (Å²) in [5.74, 6) is 0.703. The van der Waals surface area contributed by atoms with E-state index in [0.717, 1.165) is 12.8 Å². The molecule has 1 aliphatic rings. The van der Waals surface area contributed by atoms with Gasteiger partial charge in [-0.15, -0.1) is 0 Å². The molecular weight excluding hydrogens is 595 g/mol. The number of ether oxygens (including phenoxy) is 3. The Balaban J connectivity index is 1.59. The fourth-order valence-electron chi connectivity index (χ4n) is 4.83. The van der Waals surface area contributed by atoms with Crippen molar-refractivity contribution in [2.24, 2.45) is 0 Å². The van der Waals surface area contributed by atoms with E-state index in [1.54, 1.807) is 41.2 Å². The molecule has 0 atom stereocenters. The summed E-state index contributed by atoms with van der Waals surface area (Å²) in [5, 5.41) is 6.99. The summed E-state index contributed by atoms with van der Waals surface area (Å²) in [4.78, 5) is 39.6. The van der Waals surface area contributed by atoms with E-state index in [0.29, 0.717) is 59.5 Å². The molecule has 4 aromatic rings. The first-order valence-electron chi connectivity index (χ1n) is 13.6. The van der Waals surface area contributed by atoms with Gasteiger partial charge in [0.05, 0.1) is 41.7 Å². The van der Waals surface area contributed by atoms with Gasteiger partial charge in [0, 0.05) is 61.1 Å². The number of aryl methyl sites for hydroxylation is 2. The van der Waals surface area contributed by atoms with Crippen molar-refractivity contribution >= 4 is 51.8 Å². The molecule has 0 saturated carbocycles. The number of nitrogens with zero attached hydrogens (tertiary/aromatic N) is 4. The molecule has 5 rings (SSSR count). The molecule has 43 heavy (non-hydrogen) atoms. The zero-order valence-electron chi connectivity index (χ0n) is 23.7. The van der Waals surface area contributed by atoms with E-state index < -0.39 is 0 Å².